The molecule has 0 unspecified atom stereocenters. The third-order valence-corrected chi connectivity index (χ3v) is 4.89. The van der Waals surface area contributed by atoms with Gasteiger partial charge in [-0.15, -0.1) is 0 Å². The predicted molar refractivity (Wildman–Crippen MR) is 121 cm³/mol. The summed E-state index contributed by atoms with van der Waals surface area (Å²) in [7, 11) is 0. The fourth-order valence-electron chi connectivity index (χ4n) is 3.04. The number of ether oxygens (including phenoxy) is 2. The Labute approximate surface area is 182 Å². The van der Waals surface area contributed by atoms with Gasteiger partial charge in [0.25, 0.3) is 5.91 Å². The smallest absolute Gasteiger partial charge is 0.262 e. The first-order chi connectivity index (χ1) is 15.0. The summed E-state index contributed by atoms with van der Waals surface area (Å²) in [5, 5.41) is 6.12. The Morgan fingerprint density at radius 2 is 1.74 bits per heavy atom. The highest BCUT2D eigenvalue weighted by Gasteiger charge is 2.11. The molecule has 31 heavy (non-hydrogen) atoms. The first kappa shape index (κ1) is 22.2. The van der Waals surface area contributed by atoms with Crippen LogP contribution in [-0.4, -0.2) is 19.1 Å². The highest BCUT2D eigenvalue weighted by Crippen LogP contribution is 2.29. The molecule has 0 fully saturated rings. The lowest BCUT2D eigenvalue weighted by Crippen LogP contribution is -2.21. The average Bonchev–Trinajstić information content (AvgIpc) is 2.76. The summed E-state index contributed by atoms with van der Waals surface area (Å²) in [6.45, 7) is 6.75. The van der Waals surface area contributed by atoms with E-state index in [-0.39, 0.29) is 18.3 Å². The molecule has 0 spiro atoms. The first-order valence-corrected chi connectivity index (χ1v) is 10.2. The standard InChI is InChI=1S/C25H27FN2O3/c1-4-30-24-14-19(15-27-21-11-9-20(26)10-12-21)8-13-23(24)31-16-25(29)28-22-7-5-6-17(2)18(22)3/h5-14,27H,4,15-16H2,1-3H3,(H,28,29). The lowest BCUT2D eigenvalue weighted by atomic mass is 10.1. The van der Waals surface area contributed by atoms with Crippen molar-refractivity contribution in [1.29, 1.82) is 0 Å². The van der Waals surface area contributed by atoms with Crippen molar-refractivity contribution in [1.82, 2.24) is 0 Å². The zero-order valence-corrected chi connectivity index (χ0v) is 18.0. The number of nitrogens with one attached hydrogen (secondary N) is 2. The molecule has 0 heterocycles. The molecule has 0 atom stereocenters. The monoisotopic (exact) mass is 422 g/mol. The van der Waals surface area contributed by atoms with E-state index >= 15 is 0 Å². The maximum absolute atomic E-state index is 13.0. The van der Waals surface area contributed by atoms with Gasteiger partial charge in [0.15, 0.2) is 18.1 Å². The minimum atomic E-state index is -0.271. The second-order valence-corrected chi connectivity index (χ2v) is 7.16. The molecule has 0 saturated carbocycles. The summed E-state index contributed by atoms with van der Waals surface area (Å²) in [5.41, 5.74) is 4.72. The maximum atomic E-state index is 13.0. The Bertz CT molecular complexity index is 1040. The van der Waals surface area contributed by atoms with Crippen LogP contribution in [0.3, 0.4) is 0 Å². The second-order valence-electron chi connectivity index (χ2n) is 7.16. The average molecular weight is 423 g/mol. The minimum absolute atomic E-state index is 0.124. The molecule has 0 aliphatic heterocycles. The van der Waals surface area contributed by atoms with Crippen molar-refractivity contribution in [3.05, 3.63) is 83.2 Å². The van der Waals surface area contributed by atoms with Crippen LogP contribution in [0.1, 0.15) is 23.6 Å². The van der Waals surface area contributed by atoms with Crippen LogP contribution in [0, 0.1) is 19.7 Å². The van der Waals surface area contributed by atoms with E-state index in [1.807, 2.05) is 51.1 Å². The lowest BCUT2D eigenvalue weighted by molar-refractivity contribution is -0.118. The summed E-state index contributed by atoms with van der Waals surface area (Å²) < 4.78 is 24.5. The molecule has 0 bridgehead atoms. The van der Waals surface area contributed by atoms with E-state index < -0.39 is 0 Å². The molecule has 0 saturated heterocycles. The number of halogens is 1. The Kier molecular flexibility index (Phi) is 7.49. The van der Waals surface area contributed by atoms with Crippen LogP contribution >= 0.6 is 0 Å². The van der Waals surface area contributed by atoms with E-state index in [2.05, 4.69) is 10.6 Å². The normalized spacial score (nSPS) is 10.5. The molecule has 0 aromatic heterocycles. The minimum Gasteiger partial charge on any atom is -0.490 e. The molecule has 3 aromatic carbocycles. The molecular weight excluding hydrogens is 395 g/mol. The molecule has 1 amide bonds. The van der Waals surface area contributed by atoms with Crippen LogP contribution in [0.4, 0.5) is 15.8 Å². The number of carbonyl (C=O) groups excluding carboxylic acids is 1. The third kappa shape index (κ3) is 6.22. The lowest BCUT2D eigenvalue weighted by Gasteiger charge is -2.15. The van der Waals surface area contributed by atoms with Crippen LogP contribution in [0.5, 0.6) is 11.5 Å². The molecule has 2 N–H and O–H groups in total. The van der Waals surface area contributed by atoms with Crippen LogP contribution in [0.15, 0.2) is 60.7 Å². The fraction of sp³-hybridized carbons (Fsp3) is 0.240. The summed E-state index contributed by atoms with van der Waals surface area (Å²) in [6, 6.07) is 17.5. The quantitative estimate of drug-likeness (QED) is 0.480. The number of rotatable bonds is 9. The van der Waals surface area contributed by atoms with Gasteiger partial charge >= 0.3 is 0 Å². The van der Waals surface area contributed by atoms with E-state index in [0.29, 0.717) is 24.7 Å². The van der Waals surface area contributed by atoms with E-state index in [9.17, 15) is 9.18 Å². The number of hydrogen-bond donors (Lipinski definition) is 2. The van der Waals surface area contributed by atoms with Crippen molar-refractivity contribution in [2.45, 2.75) is 27.3 Å². The summed E-state index contributed by atoms with van der Waals surface area (Å²) >= 11 is 0. The van der Waals surface area contributed by atoms with Gasteiger partial charge in [-0.25, -0.2) is 4.39 Å². The maximum Gasteiger partial charge on any atom is 0.262 e. The molecule has 162 valence electrons. The van der Waals surface area contributed by atoms with Gasteiger partial charge in [-0.3, -0.25) is 4.79 Å². The van der Waals surface area contributed by atoms with Crippen molar-refractivity contribution in [3.8, 4) is 11.5 Å². The van der Waals surface area contributed by atoms with Gasteiger partial charge in [0.1, 0.15) is 5.82 Å². The highest BCUT2D eigenvalue weighted by molar-refractivity contribution is 5.92. The van der Waals surface area contributed by atoms with Gasteiger partial charge in [0, 0.05) is 17.9 Å². The number of aryl methyl sites for hydroxylation is 1. The first-order valence-electron chi connectivity index (χ1n) is 10.2. The van der Waals surface area contributed by atoms with E-state index in [4.69, 9.17) is 9.47 Å². The molecule has 5 nitrogen and oxygen atoms in total. The SMILES string of the molecule is CCOc1cc(CNc2ccc(F)cc2)ccc1OCC(=O)Nc1cccc(C)c1C. The zero-order valence-electron chi connectivity index (χ0n) is 18.0. The largest absolute Gasteiger partial charge is 0.490 e. The fourth-order valence-corrected chi connectivity index (χ4v) is 3.04. The third-order valence-electron chi connectivity index (χ3n) is 4.89. The topological polar surface area (TPSA) is 59.6 Å². The Morgan fingerprint density at radius 1 is 0.968 bits per heavy atom. The zero-order chi connectivity index (χ0) is 22.2. The molecule has 0 radical (unpaired) electrons. The molecule has 3 aromatic rings. The predicted octanol–water partition coefficient (Wildman–Crippen LogP) is 5.47. The van der Waals surface area contributed by atoms with E-state index in [1.54, 1.807) is 18.2 Å². The molecule has 0 aliphatic rings. The van der Waals surface area contributed by atoms with Gasteiger partial charge in [-0.1, -0.05) is 18.2 Å². The molecule has 6 heteroatoms. The number of carbonyl (C=O) groups is 1. The number of amides is 1. The van der Waals surface area contributed by atoms with Crippen LogP contribution in [0.25, 0.3) is 0 Å². The van der Waals surface area contributed by atoms with Gasteiger partial charge in [-0.2, -0.15) is 0 Å². The van der Waals surface area contributed by atoms with Crippen molar-refractivity contribution in [2.75, 3.05) is 23.8 Å². The summed E-state index contributed by atoms with van der Waals surface area (Å²) in [6.07, 6.45) is 0. The van der Waals surface area contributed by atoms with Crippen molar-refractivity contribution < 1.29 is 18.7 Å². The summed E-state index contributed by atoms with van der Waals surface area (Å²) in [4.78, 5) is 12.4. The van der Waals surface area contributed by atoms with E-state index in [1.165, 1.54) is 12.1 Å². The van der Waals surface area contributed by atoms with Gasteiger partial charge < -0.3 is 20.1 Å². The second kappa shape index (κ2) is 10.5. The molecular formula is C25H27FN2O3. The van der Waals surface area contributed by atoms with Gasteiger partial charge in [0.05, 0.1) is 6.61 Å². The van der Waals surface area contributed by atoms with Crippen molar-refractivity contribution >= 4 is 17.3 Å². The molecule has 0 aliphatic carbocycles. The van der Waals surface area contributed by atoms with Gasteiger partial charge in [-0.05, 0) is 79.9 Å². The van der Waals surface area contributed by atoms with E-state index in [0.717, 1.165) is 28.1 Å². The van der Waals surface area contributed by atoms with Crippen LogP contribution < -0.4 is 20.1 Å². The Morgan fingerprint density at radius 3 is 2.48 bits per heavy atom. The molecule has 3 rings (SSSR count). The highest BCUT2D eigenvalue weighted by atomic mass is 19.1. The van der Waals surface area contributed by atoms with Crippen molar-refractivity contribution in [3.63, 3.8) is 0 Å². The Hall–Kier alpha value is -3.54. The number of benzene rings is 3. The van der Waals surface area contributed by atoms with Crippen LogP contribution in [0.2, 0.25) is 0 Å². The van der Waals surface area contributed by atoms with Gasteiger partial charge in [0.2, 0.25) is 0 Å². The Balaban J connectivity index is 1.61. The number of anilines is 2. The summed E-state index contributed by atoms with van der Waals surface area (Å²) in [5.74, 6) is 0.564. The number of hydrogen-bond acceptors (Lipinski definition) is 4. The van der Waals surface area contributed by atoms with Crippen molar-refractivity contribution in [2.24, 2.45) is 0 Å². The van der Waals surface area contributed by atoms with Crippen LogP contribution in [-0.2, 0) is 11.3 Å².